The zero-order valence-corrected chi connectivity index (χ0v) is 16.5. The van der Waals surface area contributed by atoms with Crippen molar-refractivity contribution in [2.24, 2.45) is 0 Å². The fraction of sp³-hybridized carbons (Fsp3) is 0.105. The second-order valence-corrected chi connectivity index (χ2v) is 6.99. The Labute approximate surface area is 171 Å². The molecule has 0 bridgehead atoms. The molecule has 1 fully saturated rings. The van der Waals surface area contributed by atoms with E-state index in [1.54, 1.807) is 36.4 Å². The Balaban J connectivity index is 1.69. The van der Waals surface area contributed by atoms with Gasteiger partial charge in [0.1, 0.15) is 17.9 Å². The predicted octanol–water partition coefficient (Wildman–Crippen LogP) is 3.83. The van der Waals surface area contributed by atoms with Crippen LogP contribution in [0.3, 0.4) is 0 Å². The molecule has 8 heteroatoms. The molecule has 1 aliphatic rings. The number of hydrogen-bond donors (Lipinski definition) is 1. The number of ether oxygens (including phenoxy) is 1. The van der Waals surface area contributed by atoms with Crippen LogP contribution in [0.1, 0.15) is 11.1 Å². The lowest BCUT2D eigenvalue weighted by atomic mass is 10.1. The lowest BCUT2D eigenvalue weighted by Gasteiger charge is -2.25. The molecule has 3 rings (SSSR count). The maximum atomic E-state index is 12.2. The van der Waals surface area contributed by atoms with E-state index in [-0.39, 0.29) is 10.7 Å². The first-order chi connectivity index (χ1) is 12.8. The van der Waals surface area contributed by atoms with Gasteiger partial charge in [-0.05, 0) is 53.7 Å². The Hall–Kier alpha value is -2.41. The summed E-state index contributed by atoms with van der Waals surface area (Å²) in [7, 11) is 1.51. The van der Waals surface area contributed by atoms with Crippen molar-refractivity contribution in [2.75, 3.05) is 7.05 Å². The smallest absolute Gasteiger partial charge is 0.265 e. The van der Waals surface area contributed by atoms with Gasteiger partial charge in [0.25, 0.3) is 11.8 Å². The van der Waals surface area contributed by atoms with Crippen molar-refractivity contribution in [1.29, 1.82) is 0 Å². The zero-order valence-electron chi connectivity index (χ0n) is 14.2. The van der Waals surface area contributed by atoms with Crippen LogP contribution in [0.4, 0.5) is 0 Å². The quantitative estimate of drug-likeness (QED) is 0.463. The van der Waals surface area contributed by atoms with Crippen molar-refractivity contribution in [2.45, 2.75) is 6.61 Å². The average Bonchev–Trinajstić information content (AvgIpc) is 2.65. The molecule has 1 aliphatic heterocycles. The standard InChI is InChI=1S/C19H14Cl2N2O3S/c1-23-18(25)14(17(24)22-19(23)27)8-11-2-5-13(6-3-11)26-10-12-4-7-15(20)16(21)9-12/h2-9H,10H2,1H3,(H,22,24,27)/b14-8+. The lowest BCUT2D eigenvalue weighted by molar-refractivity contribution is -0.128. The fourth-order valence-electron chi connectivity index (χ4n) is 2.37. The number of carbonyl (C=O) groups is 2. The van der Waals surface area contributed by atoms with E-state index in [9.17, 15) is 9.59 Å². The number of likely N-dealkylation sites (N-methyl/N-ethyl adjacent to an activating group) is 1. The second kappa shape index (κ2) is 8.08. The maximum absolute atomic E-state index is 12.2. The monoisotopic (exact) mass is 420 g/mol. The van der Waals surface area contributed by atoms with Crippen LogP contribution in [-0.4, -0.2) is 28.9 Å². The summed E-state index contributed by atoms with van der Waals surface area (Å²) in [6, 6.07) is 12.3. The van der Waals surface area contributed by atoms with Crippen LogP contribution in [0.2, 0.25) is 10.0 Å². The van der Waals surface area contributed by atoms with Gasteiger partial charge in [0, 0.05) is 7.05 Å². The van der Waals surface area contributed by atoms with Crippen LogP contribution in [0, 0.1) is 0 Å². The van der Waals surface area contributed by atoms with Gasteiger partial charge < -0.3 is 4.74 Å². The third kappa shape index (κ3) is 4.47. The third-order valence-corrected chi connectivity index (χ3v) is 5.00. The number of rotatable bonds is 4. The highest BCUT2D eigenvalue weighted by Gasteiger charge is 2.30. The molecular formula is C19H14Cl2N2O3S. The first-order valence-electron chi connectivity index (χ1n) is 7.87. The zero-order chi connectivity index (χ0) is 19.6. The van der Waals surface area contributed by atoms with Crippen LogP contribution in [-0.2, 0) is 16.2 Å². The number of hydrogen-bond acceptors (Lipinski definition) is 4. The SMILES string of the molecule is CN1C(=O)/C(=C/c2ccc(OCc3ccc(Cl)c(Cl)c3)cc2)C(=O)NC1=S. The number of thiocarbonyl (C=S) groups is 1. The number of nitrogens with zero attached hydrogens (tertiary/aromatic N) is 1. The first kappa shape index (κ1) is 19.4. The first-order valence-corrected chi connectivity index (χ1v) is 9.03. The molecule has 0 atom stereocenters. The average molecular weight is 421 g/mol. The largest absolute Gasteiger partial charge is 0.489 e. The molecule has 27 heavy (non-hydrogen) atoms. The summed E-state index contributed by atoms with van der Waals surface area (Å²) in [6.45, 7) is 0.334. The third-order valence-electron chi connectivity index (χ3n) is 3.89. The van der Waals surface area contributed by atoms with Gasteiger partial charge >= 0.3 is 0 Å². The van der Waals surface area contributed by atoms with Crippen LogP contribution < -0.4 is 10.1 Å². The van der Waals surface area contributed by atoms with E-state index < -0.39 is 11.8 Å². The second-order valence-electron chi connectivity index (χ2n) is 5.79. The van der Waals surface area contributed by atoms with E-state index in [0.29, 0.717) is 28.0 Å². The molecule has 5 nitrogen and oxygen atoms in total. The van der Waals surface area contributed by atoms with Gasteiger partial charge in [-0.1, -0.05) is 41.4 Å². The van der Waals surface area contributed by atoms with E-state index in [1.165, 1.54) is 18.0 Å². The molecule has 0 aromatic heterocycles. The van der Waals surface area contributed by atoms with Crippen molar-refractivity contribution in [1.82, 2.24) is 10.2 Å². The molecule has 2 aromatic rings. The van der Waals surface area contributed by atoms with Crippen molar-refractivity contribution in [3.8, 4) is 5.75 Å². The van der Waals surface area contributed by atoms with Gasteiger partial charge in [0.05, 0.1) is 10.0 Å². The Kier molecular flexibility index (Phi) is 5.79. The molecule has 1 N–H and O–H groups in total. The summed E-state index contributed by atoms with van der Waals surface area (Å²) >= 11 is 16.8. The molecule has 0 saturated carbocycles. The summed E-state index contributed by atoms with van der Waals surface area (Å²) in [5.41, 5.74) is 1.60. The molecule has 1 saturated heterocycles. The van der Waals surface area contributed by atoms with Crippen LogP contribution in [0.5, 0.6) is 5.75 Å². The summed E-state index contributed by atoms with van der Waals surface area (Å²) in [5.74, 6) is -0.312. The van der Waals surface area contributed by atoms with Crippen LogP contribution in [0.25, 0.3) is 6.08 Å². The summed E-state index contributed by atoms with van der Waals surface area (Å²) in [5, 5.41) is 3.53. The Morgan fingerprint density at radius 2 is 1.81 bits per heavy atom. The van der Waals surface area contributed by atoms with Crippen molar-refractivity contribution >= 4 is 58.4 Å². The number of nitrogens with one attached hydrogen (secondary N) is 1. The van der Waals surface area contributed by atoms with Crippen molar-refractivity contribution in [3.63, 3.8) is 0 Å². The van der Waals surface area contributed by atoms with E-state index in [1.807, 2.05) is 6.07 Å². The normalized spacial score (nSPS) is 15.9. The van der Waals surface area contributed by atoms with Gasteiger partial charge in [-0.25, -0.2) is 0 Å². The molecule has 0 aliphatic carbocycles. The van der Waals surface area contributed by atoms with E-state index in [2.05, 4.69) is 5.32 Å². The summed E-state index contributed by atoms with van der Waals surface area (Å²) in [6.07, 6.45) is 1.51. The highest BCUT2D eigenvalue weighted by Crippen LogP contribution is 2.24. The van der Waals surface area contributed by atoms with Crippen LogP contribution in [0.15, 0.2) is 48.0 Å². The lowest BCUT2D eigenvalue weighted by Crippen LogP contribution is -2.52. The molecule has 0 spiro atoms. The van der Waals surface area contributed by atoms with Crippen LogP contribution >= 0.6 is 35.4 Å². The number of halogens is 2. The maximum Gasteiger partial charge on any atom is 0.265 e. The van der Waals surface area contributed by atoms with Crippen molar-refractivity contribution < 1.29 is 14.3 Å². The number of amides is 2. The summed E-state index contributed by atoms with van der Waals surface area (Å²) in [4.78, 5) is 25.4. The predicted molar refractivity (Wildman–Crippen MR) is 109 cm³/mol. The van der Waals surface area contributed by atoms with Crippen molar-refractivity contribution in [3.05, 3.63) is 69.2 Å². The molecular weight excluding hydrogens is 407 g/mol. The Morgan fingerprint density at radius 1 is 1.11 bits per heavy atom. The molecule has 138 valence electrons. The molecule has 0 unspecified atom stereocenters. The minimum Gasteiger partial charge on any atom is -0.489 e. The Morgan fingerprint density at radius 3 is 2.48 bits per heavy atom. The van der Waals surface area contributed by atoms with Gasteiger partial charge in [-0.3, -0.25) is 19.8 Å². The topological polar surface area (TPSA) is 58.6 Å². The molecule has 2 amide bonds. The molecule has 0 radical (unpaired) electrons. The highest BCUT2D eigenvalue weighted by atomic mass is 35.5. The van der Waals surface area contributed by atoms with Gasteiger partial charge in [-0.15, -0.1) is 0 Å². The minimum absolute atomic E-state index is 0.0237. The van der Waals surface area contributed by atoms with Gasteiger partial charge in [-0.2, -0.15) is 0 Å². The van der Waals surface area contributed by atoms with Gasteiger partial charge in [0.2, 0.25) is 0 Å². The number of carbonyl (C=O) groups excluding carboxylic acids is 2. The van der Waals surface area contributed by atoms with E-state index >= 15 is 0 Å². The summed E-state index contributed by atoms with van der Waals surface area (Å²) < 4.78 is 5.71. The van der Waals surface area contributed by atoms with Gasteiger partial charge in [0.15, 0.2) is 5.11 Å². The van der Waals surface area contributed by atoms with E-state index in [4.69, 9.17) is 40.2 Å². The highest BCUT2D eigenvalue weighted by molar-refractivity contribution is 7.80. The molecule has 2 aromatic carbocycles. The van der Waals surface area contributed by atoms with E-state index in [0.717, 1.165) is 5.56 Å². The number of benzene rings is 2. The molecule has 1 heterocycles. The fourth-order valence-corrected chi connectivity index (χ4v) is 2.86. The Bertz CT molecular complexity index is 958. The minimum atomic E-state index is -0.511.